The molecule has 1 N–H and O–H groups in total. The van der Waals surface area contributed by atoms with Crippen molar-refractivity contribution in [3.8, 4) is 5.88 Å². The summed E-state index contributed by atoms with van der Waals surface area (Å²) in [5, 5.41) is 2.83. The summed E-state index contributed by atoms with van der Waals surface area (Å²) in [6.45, 7) is 8.42. The van der Waals surface area contributed by atoms with Crippen LogP contribution >= 0.6 is 0 Å². The van der Waals surface area contributed by atoms with Crippen LogP contribution in [-0.2, 0) is 17.6 Å². The second-order valence-electron chi connectivity index (χ2n) is 8.07. The molecule has 1 amide bonds. The first-order valence-electron chi connectivity index (χ1n) is 11.2. The molecule has 6 heteroatoms. The van der Waals surface area contributed by atoms with Crippen molar-refractivity contribution in [1.82, 2.24) is 9.88 Å². The van der Waals surface area contributed by atoms with E-state index in [1.165, 1.54) is 11.3 Å². The number of benzene rings is 1. The zero-order valence-electron chi connectivity index (χ0n) is 17.9. The van der Waals surface area contributed by atoms with Crippen LogP contribution in [0.4, 0.5) is 11.5 Å². The molecule has 2 aromatic rings. The molecule has 0 radical (unpaired) electrons. The van der Waals surface area contributed by atoms with Gasteiger partial charge >= 0.3 is 0 Å². The fourth-order valence-electron chi connectivity index (χ4n) is 4.25. The average molecular weight is 409 g/mol. The van der Waals surface area contributed by atoms with Crippen molar-refractivity contribution in [3.63, 3.8) is 0 Å². The summed E-state index contributed by atoms with van der Waals surface area (Å²) in [5.74, 6) is 1.29. The lowest BCUT2D eigenvalue weighted by molar-refractivity contribution is -0.116. The van der Waals surface area contributed by atoms with Gasteiger partial charge in [-0.05, 0) is 55.5 Å². The number of unbranched alkanes of at least 4 members (excludes halogenated alkanes) is 1. The summed E-state index contributed by atoms with van der Waals surface area (Å²) in [7, 11) is 0. The third-order valence-corrected chi connectivity index (χ3v) is 6.04. The van der Waals surface area contributed by atoms with Crippen LogP contribution < -0.4 is 15.0 Å². The van der Waals surface area contributed by atoms with Crippen LogP contribution in [0.1, 0.15) is 37.3 Å². The molecular formula is C24H32N4O2. The molecule has 160 valence electrons. The standard InChI is InChI=1S/C24H32N4O2/c1-2-19-7-3-4-8-21(19)28-16-14-27(15-17-28)13-5-6-18-30-23-12-10-20-9-11-22(29)25-24(20)26-23/h3-4,7-8,10,12H,2,5-6,9,11,13-18H2,1H3,(H,25,26,29). The third kappa shape index (κ3) is 5.11. The number of pyridine rings is 1. The number of aryl methyl sites for hydroxylation is 2. The first-order valence-corrected chi connectivity index (χ1v) is 11.2. The predicted molar refractivity (Wildman–Crippen MR) is 120 cm³/mol. The summed E-state index contributed by atoms with van der Waals surface area (Å²) in [6, 6.07) is 12.7. The molecule has 30 heavy (non-hydrogen) atoms. The number of hydrogen-bond donors (Lipinski definition) is 1. The van der Waals surface area contributed by atoms with Gasteiger partial charge in [0.05, 0.1) is 6.61 Å². The summed E-state index contributed by atoms with van der Waals surface area (Å²) < 4.78 is 5.81. The van der Waals surface area contributed by atoms with Crippen molar-refractivity contribution in [3.05, 3.63) is 47.5 Å². The lowest BCUT2D eigenvalue weighted by Gasteiger charge is -2.37. The molecule has 4 rings (SSSR count). The molecular weight excluding hydrogens is 376 g/mol. The smallest absolute Gasteiger partial charge is 0.225 e. The van der Waals surface area contributed by atoms with Crippen LogP contribution in [0.15, 0.2) is 36.4 Å². The molecule has 0 saturated carbocycles. The van der Waals surface area contributed by atoms with Crippen LogP contribution in [0, 0.1) is 0 Å². The van der Waals surface area contributed by atoms with E-state index in [0.29, 0.717) is 24.7 Å². The number of nitrogens with one attached hydrogen (secondary N) is 1. The molecule has 0 unspecified atom stereocenters. The Kier molecular flexibility index (Phi) is 6.84. The van der Waals surface area contributed by atoms with Gasteiger partial charge in [0.15, 0.2) is 0 Å². The number of rotatable bonds is 8. The summed E-state index contributed by atoms with van der Waals surface area (Å²) >= 11 is 0. The minimum absolute atomic E-state index is 0.0328. The summed E-state index contributed by atoms with van der Waals surface area (Å²) in [6.07, 6.45) is 4.50. The van der Waals surface area contributed by atoms with E-state index in [1.807, 2.05) is 12.1 Å². The number of piperazine rings is 1. The first-order chi connectivity index (χ1) is 14.7. The van der Waals surface area contributed by atoms with E-state index in [0.717, 1.165) is 64.0 Å². The van der Waals surface area contributed by atoms with Gasteiger partial charge in [-0.3, -0.25) is 9.69 Å². The van der Waals surface area contributed by atoms with E-state index in [4.69, 9.17) is 4.74 Å². The molecule has 1 aromatic heterocycles. The minimum atomic E-state index is 0.0328. The van der Waals surface area contributed by atoms with Gasteiger partial charge in [0.25, 0.3) is 0 Å². The average Bonchev–Trinajstić information content (AvgIpc) is 2.79. The van der Waals surface area contributed by atoms with Gasteiger partial charge in [-0.25, -0.2) is 0 Å². The Balaban J connectivity index is 1.15. The van der Waals surface area contributed by atoms with E-state index >= 15 is 0 Å². The van der Waals surface area contributed by atoms with E-state index in [1.54, 1.807) is 0 Å². The number of amides is 1. The highest BCUT2D eigenvalue weighted by molar-refractivity contribution is 5.92. The molecule has 3 heterocycles. The van der Waals surface area contributed by atoms with Gasteiger partial charge in [0, 0.05) is 44.4 Å². The van der Waals surface area contributed by atoms with Crippen molar-refractivity contribution in [2.24, 2.45) is 0 Å². The van der Waals surface area contributed by atoms with Gasteiger partial charge in [-0.1, -0.05) is 25.1 Å². The zero-order chi connectivity index (χ0) is 20.8. The summed E-state index contributed by atoms with van der Waals surface area (Å²) in [4.78, 5) is 21.0. The number of ether oxygens (including phenoxy) is 1. The van der Waals surface area contributed by atoms with Crippen LogP contribution in [0.25, 0.3) is 0 Å². The number of carbonyl (C=O) groups is 1. The van der Waals surface area contributed by atoms with Crippen molar-refractivity contribution >= 4 is 17.4 Å². The Morgan fingerprint density at radius 2 is 1.87 bits per heavy atom. The fourth-order valence-corrected chi connectivity index (χ4v) is 4.25. The SMILES string of the molecule is CCc1ccccc1N1CCN(CCCCOc2ccc3c(n2)NC(=O)CC3)CC1. The Hall–Kier alpha value is -2.60. The Labute approximate surface area is 179 Å². The third-order valence-electron chi connectivity index (χ3n) is 6.04. The van der Waals surface area contributed by atoms with Gasteiger partial charge in [0.2, 0.25) is 11.8 Å². The second-order valence-corrected chi connectivity index (χ2v) is 8.07. The first kappa shape index (κ1) is 20.7. The number of fused-ring (bicyclic) bond motifs is 1. The highest BCUT2D eigenvalue weighted by atomic mass is 16.5. The highest BCUT2D eigenvalue weighted by Gasteiger charge is 2.19. The second kappa shape index (κ2) is 9.94. The Bertz CT molecular complexity index is 862. The van der Waals surface area contributed by atoms with Gasteiger partial charge in [0.1, 0.15) is 5.82 Å². The largest absolute Gasteiger partial charge is 0.478 e. The predicted octanol–water partition coefficient (Wildman–Crippen LogP) is 3.51. The molecule has 2 aliphatic rings. The van der Waals surface area contributed by atoms with Crippen molar-refractivity contribution < 1.29 is 9.53 Å². The number of nitrogens with zero attached hydrogens (tertiary/aromatic N) is 3. The Morgan fingerprint density at radius 3 is 2.70 bits per heavy atom. The van der Waals surface area contributed by atoms with Crippen LogP contribution in [0.3, 0.4) is 0 Å². The normalized spacial score (nSPS) is 16.8. The molecule has 1 aromatic carbocycles. The van der Waals surface area contributed by atoms with Gasteiger partial charge in [-0.15, -0.1) is 0 Å². The van der Waals surface area contributed by atoms with E-state index in [-0.39, 0.29) is 5.91 Å². The topological polar surface area (TPSA) is 57.7 Å². The van der Waals surface area contributed by atoms with Crippen LogP contribution in [0.5, 0.6) is 5.88 Å². The highest BCUT2D eigenvalue weighted by Crippen LogP contribution is 2.24. The minimum Gasteiger partial charge on any atom is -0.478 e. The van der Waals surface area contributed by atoms with Crippen molar-refractivity contribution in [1.29, 1.82) is 0 Å². The maximum absolute atomic E-state index is 11.5. The molecule has 0 bridgehead atoms. The number of hydrogen-bond acceptors (Lipinski definition) is 5. The van der Waals surface area contributed by atoms with Crippen molar-refractivity contribution in [2.75, 3.05) is 49.5 Å². The lowest BCUT2D eigenvalue weighted by atomic mass is 10.1. The monoisotopic (exact) mass is 408 g/mol. The lowest BCUT2D eigenvalue weighted by Crippen LogP contribution is -2.46. The Morgan fingerprint density at radius 1 is 1.03 bits per heavy atom. The van der Waals surface area contributed by atoms with Crippen LogP contribution in [-0.4, -0.2) is 55.1 Å². The number of anilines is 2. The summed E-state index contributed by atoms with van der Waals surface area (Å²) in [5.41, 5.74) is 3.93. The number of para-hydroxylation sites is 1. The van der Waals surface area contributed by atoms with E-state index < -0.39 is 0 Å². The maximum Gasteiger partial charge on any atom is 0.225 e. The molecule has 0 atom stereocenters. The number of carbonyl (C=O) groups excluding carboxylic acids is 1. The molecule has 1 saturated heterocycles. The quantitative estimate of drug-likeness (QED) is 0.678. The fraction of sp³-hybridized carbons (Fsp3) is 0.500. The van der Waals surface area contributed by atoms with Crippen LogP contribution in [0.2, 0.25) is 0 Å². The molecule has 0 aliphatic carbocycles. The molecule has 1 fully saturated rings. The molecule has 2 aliphatic heterocycles. The van der Waals surface area contributed by atoms with Crippen molar-refractivity contribution in [2.45, 2.75) is 39.0 Å². The zero-order valence-corrected chi connectivity index (χ0v) is 17.9. The molecule has 0 spiro atoms. The molecule has 6 nitrogen and oxygen atoms in total. The van der Waals surface area contributed by atoms with Gasteiger partial charge in [-0.2, -0.15) is 4.98 Å². The van der Waals surface area contributed by atoms with Gasteiger partial charge < -0.3 is 15.0 Å². The maximum atomic E-state index is 11.5. The van der Waals surface area contributed by atoms with E-state index in [2.05, 4.69) is 51.3 Å². The number of aromatic nitrogens is 1. The van der Waals surface area contributed by atoms with E-state index in [9.17, 15) is 4.79 Å².